The van der Waals surface area contributed by atoms with Gasteiger partial charge in [-0.3, -0.25) is 18.9 Å². The minimum atomic E-state index is 1.08. The van der Waals surface area contributed by atoms with Gasteiger partial charge in [0.2, 0.25) is 0 Å². The summed E-state index contributed by atoms with van der Waals surface area (Å²) in [5.74, 6) is 2.16. The summed E-state index contributed by atoms with van der Waals surface area (Å²) in [6.07, 6.45) is 0. The molecule has 18 aromatic rings. The van der Waals surface area contributed by atoms with Gasteiger partial charge in [0.15, 0.2) is 0 Å². The average molecular weight is 1150 g/mol. The van der Waals surface area contributed by atoms with E-state index in [9.17, 15) is 0 Å². The second kappa shape index (κ2) is 18.7. The molecule has 4 aromatic heterocycles. The fourth-order valence-electron chi connectivity index (χ4n) is 15.5. The van der Waals surface area contributed by atoms with Crippen LogP contribution in [0.1, 0.15) is 0 Å². The van der Waals surface area contributed by atoms with E-state index in [4.69, 9.17) is 0 Å². The summed E-state index contributed by atoms with van der Waals surface area (Å²) in [5.41, 5.74) is 23.1. The van der Waals surface area contributed by atoms with E-state index >= 15 is 0 Å². The van der Waals surface area contributed by atoms with Crippen LogP contribution in [0.2, 0.25) is 0 Å². The van der Waals surface area contributed by atoms with Gasteiger partial charge < -0.3 is 9.13 Å². The Morgan fingerprint density at radius 2 is 0.678 bits per heavy atom. The van der Waals surface area contributed by atoms with Gasteiger partial charge in [0.05, 0.1) is 55.8 Å². The van der Waals surface area contributed by atoms with Gasteiger partial charge in [-0.15, -0.1) is 0 Å². The lowest BCUT2D eigenvalue weighted by Gasteiger charge is -2.26. The molecule has 20 rings (SSSR count). The molecule has 0 bridgehead atoms. The smallest absolute Gasteiger partial charge is 0.123 e. The second-order valence-corrected chi connectivity index (χ2v) is 24.1. The molecule has 0 saturated heterocycles. The van der Waals surface area contributed by atoms with Gasteiger partial charge in [0, 0.05) is 82.7 Å². The summed E-state index contributed by atoms with van der Waals surface area (Å²) in [6.45, 7) is 0. The van der Waals surface area contributed by atoms with E-state index in [1.165, 1.54) is 92.9 Å². The number of hydrogen-bond donors (Lipinski definition) is 0. The van der Waals surface area contributed by atoms with Crippen LogP contribution in [0.3, 0.4) is 0 Å². The van der Waals surface area contributed by atoms with Crippen molar-refractivity contribution >= 4 is 121 Å². The summed E-state index contributed by atoms with van der Waals surface area (Å²) in [5, 5.41) is 12.0. The molecule has 2 aliphatic rings. The predicted octanol–water partition coefficient (Wildman–Crippen LogP) is 22.6. The van der Waals surface area contributed by atoms with Crippen LogP contribution in [-0.2, 0) is 0 Å². The van der Waals surface area contributed by atoms with Crippen molar-refractivity contribution in [2.75, 3.05) is 9.80 Å². The highest BCUT2D eigenvalue weighted by atomic mass is 15.3. The predicted molar refractivity (Wildman–Crippen MR) is 377 cm³/mol. The van der Waals surface area contributed by atoms with Crippen LogP contribution in [0.4, 0.5) is 34.4 Å². The minimum Gasteiger partial charge on any atom is -0.309 e. The van der Waals surface area contributed by atoms with Crippen molar-refractivity contribution in [3.63, 3.8) is 0 Å². The van der Waals surface area contributed by atoms with Crippen molar-refractivity contribution in [2.24, 2.45) is 0 Å². The minimum absolute atomic E-state index is 1.08. The average Bonchev–Trinajstić information content (AvgIpc) is 1.66. The molecule has 0 amide bonds. The molecule has 0 spiro atoms. The third kappa shape index (κ3) is 6.92. The Bertz CT molecular complexity index is 6060. The highest BCUT2D eigenvalue weighted by molar-refractivity contribution is 6.15. The monoisotopic (exact) mass is 1140 g/mol. The van der Waals surface area contributed by atoms with Crippen LogP contribution in [0.5, 0.6) is 0 Å². The molecule has 14 aromatic carbocycles. The standard InChI is InChI=1S/C84H52N6/c1-3-22-59(23-4-1)85-74-32-16-12-28-65(74)70-51-61(39-45-77(70)85)87-79-43-38-56(48-69(79)67-41-35-54-20-8-11-27-64(54)84(67)90-72-31-15-9-21-57(72)49-82(87)90)55-37-42-73-58(47-55)50-81-88(80-44-36-53-19-7-10-26-63(53)83(80)68-30-14-18-34-76(68)89(73)81)62-40-46-78-71(52-62)66-29-13-17-33-75(66)86(78)60-24-5-2-6-25-60/h1-52H. The van der Waals surface area contributed by atoms with Crippen LogP contribution < -0.4 is 9.80 Å². The molecule has 418 valence electrons. The number of aromatic nitrogens is 4. The lowest BCUT2D eigenvalue weighted by molar-refractivity contribution is 1.09. The molecular formula is C84H52N6. The van der Waals surface area contributed by atoms with Gasteiger partial charge in [-0.2, -0.15) is 0 Å². The van der Waals surface area contributed by atoms with Crippen LogP contribution in [-0.4, -0.2) is 18.3 Å². The number of hydrogen-bond acceptors (Lipinski definition) is 2. The number of para-hydroxylation sites is 6. The molecule has 0 fully saturated rings. The maximum Gasteiger partial charge on any atom is 0.123 e. The van der Waals surface area contributed by atoms with Crippen molar-refractivity contribution < 1.29 is 0 Å². The van der Waals surface area contributed by atoms with E-state index in [1.54, 1.807) is 0 Å². The van der Waals surface area contributed by atoms with Crippen molar-refractivity contribution in [1.29, 1.82) is 0 Å². The molecule has 0 aliphatic carbocycles. The molecule has 2 aliphatic heterocycles. The van der Waals surface area contributed by atoms with E-state index in [1.807, 2.05) is 0 Å². The molecule has 0 atom stereocenters. The number of fused-ring (bicyclic) bond motifs is 24. The van der Waals surface area contributed by atoms with E-state index in [0.717, 1.165) is 84.6 Å². The fraction of sp³-hybridized carbons (Fsp3) is 0. The summed E-state index contributed by atoms with van der Waals surface area (Å²) in [7, 11) is 0. The highest BCUT2D eigenvalue weighted by Gasteiger charge is 2.33. The quantitative estimate of drug-likeness (QED) is 0.172. The molecule has 90 heavy (non-hydrogen) atoms. The third-order valence-corrected chi connectivity index (χ3v) is 19.3. The first-order valence-electron chi connectivity index (χ1n) is 31.0. The fourth-order valence-corrected chi connectivity index (χ4v) is 15.5. The molecule has 6 heteroatoms. The third-order valence-electron chi connectivity index (χ3n) is 19.3. The zero-order chi connectivity index (χ0) is 58.7. The number of nitrogens with zero attached hydrogens (tertiary/aromatic N) is 6. The zero-order valence-electron chi connectivity index (χ0n) is 48.7. The van der Waals surface area contributed by atoms with Gasteiger partial charge in [-0.25, -0.2) is 0 Å². The second-order valence-electron chi connectivity index (χ2n) is 24.1. The first-order chi connectivity index (χ1) is 44.7. The largest absolute Gasteiger partial charge is 0.309 e. The molecule has 0 unspecified atom stereocenters. The maximum atomic E-state index is 2.52. The Balaban J connectivity index is 0.809. The summed E-state index contributed by atoms with van der Waals surface area (Å²) in [4.78, 5) is 5.03. The zero-order valence-corrected chi connectivity index (χ0v) is 48.7. The van der Waals surface area contributed by atoms with Crippen LogP contribution in [0.25, 0.3) is 143 Å². The first-order valence-corrected chi connectivity index (χ1v) is 31.0. The Hall–Kier alpha value is -12.1. The molecule has 0 radical (unpaired) electrons. The Kier molecular flexibility index (Phi) is 10.2. The maximum absolute atomic E-state index is 2.52. The van der Waals surface area contributed by atoms with Gasteiger partial charge in [0.1, 0.15) is 11.6 Å². The van der Waals surface area contributed by atoms with E-state index in [2.05, 4.69) is 344 Å². The molecule has 6 heterocycles. The number of rotatable bonds is 5. The van der Waals surface area contributed by atoms with Crippen LogP contribution in [0, 0.1) is 0 Å². The Morgan fingerprint density at radius 3 is 1.38 bits per heavy atom. The van der Waals surface area contributed by atoms with Gasteiger partial charge >= 0.3 is 0 Å². The molecule has 0 saturated carbocycles. The Labute approximate surface area is 518 Å². The van der Waals surface area contributed by atoms with Crippen molar-refractivity contribution in [2.45, 2.75) is 0 Å². The molecule has 0 N–H and O–H groups in total. The van der Waals surface area contributed by atoms with Gasteiger partial charge in [-0.1, -0.05) is 188 Å². The lowest BCUT2D eigenvalue weighted by Crippen LogP contribution is -2.13. The summed E-state index contributed by atoms with van der Waals surface area (Å²) in [6, 6.07) is 117. The Morgan fingerprint density at radius 1 is 0.200 bits per heavy atom. The molecule has 6 nitrogen and oxygen atoms in total. The lowest BCUT2D eigenvalue weighted by atomic mass is 9.93. The van der Waals surface area contributed by atoms with Crippen molar-refractivity contribution in [3.05, 3.63) is 315 Å². The van der Waals surface area contributed by atoms with E-state index < -0.39 is 0 Å². The first kappa shape index (κ1) is 49.0. The van der Waals surface area contributed by atoms with Crippen LogP contribution >= 0.6 is 0 Å². The van der Waals surface area contributed by atoms with Crippen molar-refractivity contribution in [3.8, 4) is 56.1 Å². The van der Waals surface area contributed by atoms with Gasteiger partial charge in [0.25, 0.3) is 0 Å². The topological polar surface area (TPSA) is 26.2 Å². The summed E-state index contributed by atoms with van der Waals surface area (Å²) < 4.78 is 9.83. The van der Waals surface area contributed by atoms with Crippen LogP contribution in [0.15, 0.2) is 315 Å². The highest BCUT2D eigenvalue weighted by Crippen LogP contribution is 2.55. The van der Waals surface area contributed by atoms with E-state index in [0.29, 0.717) is 0 Å². The van der Waals surface area contributed by atoms with Crippen molar-refractivity contribution in [1.82, 2.24) is 18.3 Å². The number of anilines is 6. The number of benzene rings is 14. The molecular weight excluding hydrogens is 1090 g/mol. The van der Waals surface area contributed by atoms with Gasteiger partial charge in [-0.05, 0) is 155 Å². The SMILES string of the molecule is c1ccc(-n2c3ccccc3c3cc(N4c5ccc6ccccc6c5-c5ccccc5-n5c4cc4cc(-c6ccc7c(c6)-c6ccc8ccccc8c6-n6c(cc8ccccc86)N7c6ccc7c(c6)c6ccccc6n7-c6ccccc6)ccc45)ccc32)cc1. The summed E-state index contributed by atoms with van der Waals surface area (Å²) >= 11 is 0. The van der Waals surface area contributed by atoms with E-state index in [-0.39, 0.29) is 0 Å². The normalized spacial score (nSPS) is 12.6.